The molecule has 1 aliphatic rings. The van der Waals surface area contributed by atoms with Crippen LogP contribution in [0.4, 0.5) is 0 Å². The molecule has 0 heterocycles. The van der Waals surface area contributed by atoms with Crippen molar-refractivity contribution in [1.29, 1.82) is 0 Å². The molecule has 0 unspecified atom stereocenters. The van der Waals surface area contributed by atoms with E-state index in [1.165, 1.54) is 7.11 Å². The molecule has 2 rings (SSSR count). The van der Waals surface area contributed by atoms with Crippen LogP contribution in [0.1, 0.15) is 36.0 Å². The van der Waals surface area contributed by atoms with Gasteiger partial charge in [-0.05, 0) is 43.5 Å². The zero-order valence-corrected chi connectivity index (χ0v) is 10.5. The highest BCUT2D eigenvalue weighted by Gasteiger charge is 2.24. The molecule has 4 nitrogen and oxygen atoms in total. The molecule has 0 aromatic heterocycles. The van der Waals surface area contributed by atoms with Gasteiger partial charge in [0.05, 0.1) is 18.8 Å². The van der Waals surface area contributed by atoms with Gasteiger partial charge in [0.2, 0.25) is 0 Å². The summed E-state index contributed by atoms with van der Waals surface area (Å²) in [6.07, 6.45) is 3.29. The number of carbonyl (C=O) groups excluding carboxylic acids is 1. The molecule has 1 N–H and O–H groups in total. The summed E-state index contributed by atoms with van der Waals surface area (Å²) in [4.78, 5) is 11.3. The van der Waals surface area contributed by atoms with E-state index in [0.29, 0.717) is 11.3 Å². The predicted octanol–water partition coefficient (Wildman–Crippen LogP) is 2.16. The maximum absolute atomic E-state index is 11.3. The predicted molar refractivity (Wildman–Crippen MR) is 66.7 cm³/mol. The van der Waals surface area contributed by atoms with Gasteiger partial charge in [0, 0.05) is 0 Å². The fraction of sp³-hybridized carbons (Fsp3) is 0.500. The third kappa shape index (κ3) is 3.01. The van der Waals surface area contributed by atoms with Crippen molar-refractivity contribution in [3.63, 3.8) is 0 Å². The molecule has 0 bridgehead atoms. The van der Waals surface area contributed by atoms with Crippen LogP contribution < -0.4 is 4.74 Å². The molecule has 2 atom stereocenters. The fourth-order valence-corrected chi connectivity index (χ4v) is 2.18. The normalized spacial score (nSPS) is 23.4. The average Bonchev–Trinajstić information content (AvgIpc) is 2.41. The molecule has 4 heteroatoms. The Morgan fingerprint density at radius 2 is 1.89 bits per heavy atom. The molecule has 1 aromatic carbocycles. The Balaban J connectivity index is 1.99. The molecule has 0 amide bonds. The molecule has 1 fully saturated rings. The van der Waals surface area contributed by atoms with E-state index in [-0.39, 0.29) is 18.2 Å². The summed E-state index contributed by atoms with van der Waals surface area (Å²) in [5.41, 5.74) is 0.494. The van der Waals surface area contributed by atoms with E-state index in [1.54, 1.807) is 24.3 Å². The molecule has 0 spiro atoms. The number of carbonyl (C=O) groups is 1. The minimum absolute atomic E-state index is 0.136. The summed E-state index contributed by atoms with van der Waals surface area (Å²) >= 11 is 0. The van der Waals surface area contributed by atoms with Crippen LogP contribution in [0.2, 0.25) is 0 Å². The monoisotopic (exact) mass is 250 g/mol. The van der Waals surface area contributed by atoms with Crippen LogP contribution in [0, 0.1) is 0 Å². The van der Waals surface area contributed by atoms with E-state index in [0.717, 1.165) is 25.7 Å². The smallest absolute Gasteiger partial charge is 0.337 e. The first-order chi connectivity index (χ1) is 8.70. The molecular formula is C14H18O4. The number of aliphatic hydroxyl groups is 1. The Bertz CT molecular complexity index is 399. The van der Waals surface area contributed by atoms with E-state index >= 15 is 0 Å². The van der Waals surface area contributed by atoms with Crippen LogP contribution in [0.15, 0.2) is 24.3 Å². The number of esters is 1. The van der Waals surface area contributed by atoms with Crippen LogP contribution >= 0.6 is 0 Å². The maximum atomic E-state index is 11.3. The number of hydrogen-bond donors (Lipinski definition) is 1. The highest BCUT2D eigenvalue weighted by Crippen LogP contribution is 2.24. The minimum Gasteiger partial charge on any atom is -0.488 e. The van der Waals surface area contributed by atoms with Crippen molar-refractivity contribution >= 4 is 5.97 Å². The quantitative estimate of drug-likeness (QED) is 0.835. The molecule has 0 radical (unpaired) electrons. The third-order valence-electron chi connectivity index (χ3n) is 3.23. The lowest BCUT2D eigenvalue weighted by atomic mass is 9.95. The zero-order valence-electron chi connectivity index (χ0n) is 10.5. The number of hydrogen-bond acceptors (Lipinski definition) is 4. The van der Waals surface area contributed by atoms with Crippen molar-refractivity contribution in [2.75, 3.05) is 7.11 Å². The second-order valence-electron chi connectivity index (χ2n) is 4.52. The van der Waals surface area contributed by atoms with Gasteiger partial charge in [0.15, 0.2) is 0 Å². The summed E-state index contributed by atoms with van der Waals surface area (Å²) in [6.45, 7) is 0. The summed E-state index contributed by atoms with van der Waals surface area (Å²) in [6, 6.07) is 6.79. The van der Waals surface area contributed by atoms with E-state index in [4.69, 9.17) is 4.74 Å². The summed E-state index contributed by atoms with van der Waals surface area (Å²) < 4.78 is 10.4. The Kier molecular flexibility index (Phi) is 4.20. The lowest BCUT2D eigenvalue weighted by Gasteiger charge is -2.28. The van der Waals surface area contributed by atoms with Crippen molar-refractivity contribution in [2.24, 2.45) is 0 Å². The lowest BCUT2D eigenvalue weighted by molar-refractivity contribution is 0.00685. The first-order valence-corrected chi connectivity index (χ1v) is 6.24. The summed E-state index contributed by atoms with van der Waals surface area (Å²) in [5.74, 6) is 0.313. The second-order valence-corrected chi connectivity index (χ2v) is 4.52. The van der Waals surface area contributed by atoms with Crippen molar-refractivity contribution < 1.29 is 19.4 Å². The molecule has 98 valence electrons. The molecular weight excluding hydrogens is 232 g/mol. The molecule has 18 heavy (non-hydrogen) atoms. The minimum atomic E-state index is -0.390. The second kappa shape index (κ2) is 5.87. The molecule has 1 aromatic rings. The zero-order chi connectivity index (χ0) is 13.0. The number of rotatable bonds is 3. The van der Waals surface area contributed by atoms with Gasteiger partial charge in [0.1, 0.15) is 11.9 Å². The van der Waals surface area contributed by atoms with E-state index < -0.39 is 0 Å². The van der Waals surface area contributed by atoms with E-state index in [2.05, 4.69) is 4.74 Å². The Morgan fingerprint density at radius 3 is 2.50 bits per heavy atom. The highest BCUT2D eigenvalue weighted by atomic mass is 16.5. The molecule has 1 aliphatic carbocycles. The van der Waals surface area contributed by atoms with Gasteiger partial charge in [0.25, 0.3) is 0 Å². The van der Waals surface area contributed by atoms with Gasteiger partial charge in [-0.2, -0.15) is 0 Å². The molecule has 0 saturated heterocycles. The van der Waals surface area contributed by atoms with Gasteiger partial charge >= 0.3 is 5.97 Å². The van der Waals surface area contributed by atoms with Crippen molar-refractivity contribution in [3.05, 3.63) is 29.8 Å². The Labute approximate surface area is 107 Å². The third-order valence-corrected chi connectivity index (χ3v) is 3.23. The number of methoxy groups -OCH3 is 1. The molecule has 1 saturated carbocycles. The van der Waals surface area contributed by atoms with Gasteiger partial charge in [-0.3, -0.25) is 0 Å². The standard InChI is InChI=1S/C14H18O4/c1-17-14(16)10-6-8-11(9-7-10)18-13-5-3-2-4-12(13)15/h6-9,12-13,15H,2-5H2,1H3/t12-,13-/m1/s1. The topological polar surface area (TPSA) is 55.8 Å². The number of benzene rings is 1. The van der Waals surface area contributed by atoms with Crippen LogP contribution in [-0.4, -0.2) is 30.4 Å². The van der Waals surface area contributed by atoms with Gasteiger partial charge in [-0.1, -0.05) is 6.42 Å². The Hall–Kier alpha value is -1.55. The maximum Gasteiger partial charge on any atom is 0.337 e. The van der Waals surface area contributed by atoms with Crippen molar-refractivity contribution in [1.82, 2.24) is 0 Å². The SMILES string of the molecule is COC(=O)c1ccc(O[C@@H]2CCCC[C@H]2O)cc1. The first-order valence-electron chi connectivity index (χ1n) is 6.24. The highest BCUT2D eigenvalue weighted by molar-refractivity contribution is 5.89. The van der Waals surface area contributed by atoms with Crippen LogP contribution in [0.3, 0.4) is 0 Å². The van der Waals surface area contributed by atoms with Crippen LogP contribution in [0.25, 0.3) is 0 Å². The average molecular weight is 250 g/mol. The summed E-state index contributed by atoms with van der Waals surface area (Å²) in [5, 5.41) is 9.81. The largest absolute Gasteiger partial charge is 0.488 e. The van der Waals surface area contributed by atoms with E-state index in [9.17, 15) is 9.90 Å². The molecule has 0 aliphatic heterocycles. The first kappa shape index (κ1) is 12.9. The van der Waals surface area contributed by atoms with Crippen LogP contribution in [-0.2, 0) is 4.74 Å². The Morgan fingerprint density at radius 1 is 1.22 bits per heavy atom. The van der Waals surface area contributed by atoms with Crippen molar-refractivity contribution in [3.8, 4) is 5.75 Å². The van der Waals surface area contributed by atoms with Gasteiger partial charge in [-0.25, -0.2) is 4.79 Å². The summed E-state index contributed by atoms with van der Waals surface area (Å²) in [7, 11) is 1.35. The van der Waals surface area contributed by atoms with Gasteiger partial charge < -0.3 is 14.6 Å². The number of aliphatic hydroxyl groups excluding tert-OH is 1. The lowest BCUT2D eigenvalue weighted by Crippen LogP contribution is -2.34. The number of ether oxygens (including phenoxy) is 2. The van der Waals surface area contributed by atoms with Gasteiger partial charge in [-0.15, -0.1) is 0 Å². The van der Waals surface area contributed by atoms with E-state index in [1.807, 2.05) is 0 Å². The van der Waals surface area contributed by atoms with Crippen molar-refractivity contribution in [2.45, 2.75) is 37.9 Å². The van der Waals surface area contributed by atoms with Crippen LogP contribution in [0.5, 0.6) is 5.75 Å². The fourth-order valence-electron chi connectivity index (χ4n) is 2.18.